The van der Waals surface area contributed by atoms with E-state index in [0.29, 0.717) is 5.56 Å². The fraction of sp³-hybridized carbons (Fsp3) is 0.375. The second-order valence-corrected chi connectivity index (χ2v) is 2.68. The number of nitrogens with two attached hydrogens (primary N) is 1. The lowest BCUT2D eigenvalue weighted by Crippen LogP contribution is -2.13. The summed E-state index contributed by atoms with van der Waals surface area (Å²) < 4.78 is 0. The van der Waals surface area contributed by atoms with E-state index in [1.807, 2.05) is 6.92 Å². The maximum atomic E-state index is 10.9. The Bertz CT molecular complexity index is 319. The van der Waals surface area contributed by atoms with Crippen molar-refractivity contribution in [2.45, 2.75) is 19.4 Å². The molecule has 1 heterocycles. The van der Waals surface area contributed by atoms with Gasteiger partial charge in [-0.15, -0.1) is 0 Å². The summed E-state index contributed by atoms with van der Waals surface area (Å²) in [6.07, 6.45) is 0.739. The van der Waals surface area contributed by atoms with Crippen LogP contribution in [-0.4, -0.2) is 10.1 Å². The van der Waals surface area contributed by atoms with Gasteiger partial charge in [0, 0.05) is 18.2 Å². The topological polar surface area (TPSA) is 79.1 Å². The largest absolute Gasteiger partial charge is 0.495 e. The van der Waals surface area contributed by atoms with Gasteiger partial charge in [0.1, 0.15) is 0 Å². The maximum Gasteiger partial charge on any atom is 0.250 e. The number of hydrogen-bond acceptors (Lipinski definition) is 3. The van der Waals surface area contributed by atoms with Crippen LogP contribution in [0.4, 0.5) is 0 Å². The molecule has 0 saturated heterocycles. The van der Waals surface area contributed by atoms with E-state index < -0.39 is 0 Å². The minimum atomic E-state index is -0.325. The Morgan fingerprint density at radius 3 is 2.83 bits per heavy atom. The van der Waals surface area contributed by atoms with E-state index in [1.165, 1.54) is 12.1 Å². The highest BCUT2D eigenvalue weighted by Crippen LogP contribution is 2.14. The van der Waals surface area contributed by atoms with Gasteiger partial charge in [-0.25, -0.2) is 0 Å². The summed E-state index contributed by atoms with van der Waals surface area (Å²) in [5.41, 5.74) is 6.01. The molecule has 0 aliphatic heterocycles. The molecule has 1 aromatic rings. The lowest BCUT2D eigenvalue weighted by molar-refractivity contribution is 0.449. The van der Waals surface area contributed by atoms with Gasteiger partial charge in [0.15, 0.2) is 5.88 Å². The number of aromatic nitrogens is 1. The van der Waals surface area contributed by atoms with E-state index in [4.69, 9.17) is 10.8 Å². The summed E-state index contributed by atoms with van der Waals surface area (Å²) in [6, 6.07) is 2.68. The summed E-state index contributed by atoms with van der Waals surface area (Å²) in [5.74, 6) is -0.138. The normalized spacial score (nSPS) is 12.8. The zero-order valence-electron chi connectivity index (χ0n) is 6.87. The minimum absolute atomic E-state index is 0.138. The predicted octanol–water partition coefficient (Wildman–Crippen LogP) is 0.490. The van der Waals surface area contributed by atoms with Gasteiger partial charge in [-0.05, 0) is 12.0 Å². The van der Waals surface area contributed by atoms with Crippen LogP contribution < -0.4 is 11.3 Å². The lowest BCUT2D eigenvalue weighted by atomic mass is 10.1. The van der Waals surface area contributed by atoms with Gasteiger partial charge in [0.2, 0.25) is 0 Å². The molecule has 0 spiro atoms. The van der Waals surface area contributed by atoms with E-state index in [2.05, 4.69) is 4.98 Å². The molecule has 1 atom stereocenters. The highest BCUT2D eigenvalue weighted by atomic mass is 16.3. The van der Waals surface area contributed by atoms with Gasteiger partial charge >= 0.3 is 0 Å². The van der Waals surface area contributed by atoms with Crippen LogP contribution in [0.5, 0.6) is 5.88 Å². The second-order valence-electron chi connectivity index (χ2n) is 2.68. The first kappa shape index (κ1) is 8.80. The number of nitrogens with one attached hydrogen (secondary N) is 1. The summed E-state index contributed by atoms with van der Waals surface area (Å²) >= 11 is 0. The van der Waals surface area contributed by atoms with Gasteiger partial charge in [-0.1, -0.05) is 6.92 Å². The second kappa shape index (κ2) is 3.40. The molecule has 4 N–H and O–H groups in total. The average Bonchev–Trinajstić information content (AvgIpc) is 2.01. The predicted molar refractivity (Wildman–Crippen MR) is 45.9 cm³/mol. The summed E-state index contributed by atoms with van der Waals surface area (Å²) in [4.78, 5) is 13.1. The molecule has 1 unspecified atom stereocenters. The van der Waals surface area contributed by atoms with E-state index in [1.54, 1.807) is 0 Å². The smallest absolute Gasteiger partial charge is 0.250 e. The molecular formula is C8H12N2O2. The Morgan fingerprint density at radius 1 is 1.67 bits per heavy atom. The van der Waals surface area contributed by atoms with Crippen molar-refractivity contribution < 1.29 is 5.11 Å². The van der Waals surface area contributed by atoms with Gasteiger partial charge in [0.25, 0.3) is 5.56 Å². The third kappa shape index (κ3) is 1.85. The Hall–Kier alpha value is -1.29. The molecule has 0 aromatic carbocycles. The lowest BCUT2D eigenvalue weighted by Gasteiger charge is -2.07. The van der Waals surface area contributed by atoms with Crippen LogP contribution in [0, 0.1) is 0 Å². The number of rotatable bonds is 2. The molecule has 0 aliphatic rings. The number of pyridine rings is 1. The molecule has 12 heavy (non-hydrogen) atoms. The van der Waals surface area contributed by atoms with E-state index in [0.717, 1.165) is 6.42 Å². The molecule has 0 amide bonds. The van der Waals surface area contributed by atoms with Gasteiger partial charge in [-0.2, -0.15) is 0 Å². The first-order valence-corrected chi connectivity index (χ1v) is 3.82. The van der Waals surface area contributed by atoms with Crippen molar-refractivity contribution in [3.63, 3.8) is 0 Å². The standard InChI is InChI=1S/C8H12N2O2/c1-2-6(9)5-3-7(11)10-8(12)4-5/h3-4,6H,2,9H2,1H3,(H2,10,11,12). The van der Waals surface area contributed by atoms with Crippen LogP contribution in [0.3, 0.4) is 0 Å². The van der Waals surface area contributed by atoms with Crippen molar-refractivity contribution >= 4 is 0 Å². The van der Waals surface area contributed by atoms with Crippen molar-refractivity contribution in [1.82, 2.24) is 4.98 Å². The van der Waals surface area contributed by atoms with Crippen molar-refractivity contribution in [2.24, 2.45) is 5.73 Å². The van der Waals surface area contributed by atoms with Gasteiger partial charge in [0.05, 0.1) is 0 Å². The van der Waals surface area contributed by atoms with Crippen LogP contribution in [-0.2, 0) is 0 Å². The third-order valence-corrected chi connectivity index (χ3v) is 1.72. The third-order valence-electron chi connectivity index (χ3n) is 1.72. The van der Waals surface area contributed by atoms with Crippen LogP contribution in [0.1, 0.15) is 24.9 Å². The summed E-state index contributed by atoms with van der Waals surface area (Å²) in [6.45, 7) is 1.92. The van der Waals surface area contributed by atoms with Crippen molar-refractivity contribution in [3.8, 4) is 5.88 Å². The molecule has 0 aliphatic carbocycles. The number of H-pyrrole nitrogens is 1. The molecule has 66 valence electrons. The van der Waals surface area contributed by atoms with Crippen LogP contribution in [0.2, 0.25) is 0 Å². The Balaban J connectivity index is 3.08. The highest BCUT2D eigenvalue weighted by molar-refractivity contribution is 5.22. The molecule has 1 rings (SSSR count). The SMILES string of the molecule is CCC(N)c1cc(O)[nH]c(=O)c1. The first-order chi connectivity index (χ1) is 5.63. The molecule has 0 fully saturated rings. The average molecular weight is 168 g/mol. The van der Waals surface area contributed by atoms with Gasteiger partial charge in [-0.3, -0.25) is 9.78 Å². The molecule has 4 heteroatoms. The quantitative estimate of drug-likeness (QED) is 0.601. The molecule has 0 saturated carbocycles. The number of aromatic hydroxyl groups is 1. The zero-order valence-corrected chi connectivity index (χ0v) is 6.87. The Kier molecular flexibility index (Phi) is 2.50. The monoisotopic (exact) mass is 168 g/mol. The summed E-state index contributed by atoms with van der Waals surface area (Å²) in [5, 5.41) is 9.03. The van der Waals surface area contributed by atoms with E-state index in [-0.39, 0.29) is 17.5 Å². The molecule has 1 aromatic heterocycles. The van der Waals surface area contributed by atoms with Crippen molar-refractivity contribution in [3.05, 3.63) is 28.0 Å². The van der Waals surface area contributed by atoms with Crippen molar-refractivity contribution in [1.29, 1.82) is 0 Å². The number of hydrogen-bond donors (Lipinski definition) is 3. The maximum absolute atomic E-state index is 10.9. The van der Waals surface area contributed by atoms with Gasteiger partial charge < -0.3 is 10.8 Å². The number of aromatic amines is 1. The van der Waals surface area contributed by atoms with Crippen molar-refractivity contribution in [2.75, 3.05) is 0 Å². The highest BCUT2D eigenvalue weighted by Gasteiger charge is 2.04. The van der Waals surface area contributed by atoms with E-state index >= 15 is 0 Å². The van der Waals surface area contributed by atoms with E-state index in [9.17, 15) is 4.79 Å². The Morgan fingerprint density at radius 2 is 2.33 bits per heavy atom. The first-order valence-electron chi connectivity index (χ1n) is 3.82. The molecule has 4 nitrogen and oxygen atoms in total. The fourth-order valence-electron chi connectivity index (χ4n) is 0.999. The Labute approximate surface area is 70.0 Å². The van der Waals surface area contributed by atoms with Crippen LogP contribution >= 0.6 is 0 Å². The fourth-order valence-corrected chi connectivity index (χ4v) is 0.999. The molecule has 0 bridgehead atoms. The zero-order chi connectivity index (χ0) is 9.14. The molecule has 0 radical (unpaired) electrons. The van der Waals surface area contributed by atoms with Crippen LogP contribution in [0.25, 0.3) is 0 Å². The minimum Gasteiger partial charge on any atom is -0.495 e. The molecular weight excluding hydrogens is 156 g/mol. The van der Waals surface area contributed by atoms with Crippen LogP contribution in [0.15, 0.2) is 16.9 Å². The summed E-state index contributed by atoms with van der Waals surface area (Å²) in [7, 11) is 0.